The second kappa shape index (κ2) is 5.29. The third-order valence-corrected chi connectivity index (χ3v) is 3.93. The maximum atomic E-state index is 6.44. The van der Waals surface area contributed by atoms with E-state index in [0.29, 0.717) is 12.3 Å². The van der Waals surface area contributed by atoms with Crippen molar-refractivity contribution in [1.82, 2.24) is 4.98 Å². The number of alkyl halides is 1. The van der Waals surface area contributed by atoms with Crippen molar-refractivity contribution in [1.29, 1.82) is 0 Å². The molecule has 3 rings (SSSR count). The van der Waals surface area contributed by atoms with E-state index in [1.807, 2.05) is 24.3 Å². The van der Waals surface area contributed by atoms with Gasteiger partial charge in [0.05, 0.1) is 6.61 Å². The number of para-hydroxylation sites is 2. The number of oxazole rings is 1. The van der Waals surface area contributed by atoms with E-state index in [1.54, 1.807) is 0 Å². The minimum absolute atomic E-state index is 0.0402. The molecular weight excluding hydrogens is 250 g/mol. The highest BCUT2D eigenvalue weighted by molar-refractivity contribution is 6.20. The first kappa shape index (κ1) is 12.0. The summed E-state index contributed by atoms with van der Waals surface area (Å²) in [6, 6.07) is 7.79. The minimum Gasteiger partial charge on any atom is -0.441 e. The Morgan fingerprint density at radius 2 is 2.28 bits per heavy atom. The summed E-state index contributed by atoms with van der Waals surface area (Å²) < 4.78 is 11.2. The van der Waals surface area contributed by atoms with Crippen molar-refractivity contribution in [3.05, 3.63) is 30.2 Å². The third kappa shape index (κ3) is 2.52. The van der Waals surface area contributed by atoms with Gasteiger partial charge in [-0.2, -0.15) is 0 Å². The van der Waals surface area contributed by atoms with E-state index in [0.717, 1.165) is 43.0 Å². The molecule has 2 heterocycles. The third-order valence-electron chi connectivity index (χ3n) is 3.41. The Balaban J connectivity index is 1.71. The molecule has 0 N–H and O–H groups in total. The molecule has 3 nitrogen and oxygen atoms in total. The van der Waals surface area contributed by atoms with Crippen LogP contribution in [0, 0.1) is 5.92 Å². The largest absolute Gasteiger partial charge is 0.441 e. The number of hydrogen-bond acceptors (Lipinski definition) is 3. The number of halogens is 1. The Morgan fingerprint density at radius 3 is 3.06 bits per heavy atom. The van der Waals surface area contributed by atoms with E-state index in [9.17, 15) is 0 Å². The van der Waals surface area contributed by atoms with E-state index in [4.69, 9.17) is 20.8 Å². The lowest BCUT2D eigenvalue weighted by atomic mass is 9.96. The summed E-state index contributed by atoms with van der Waals surface area (Å²) in [5.74, 6) is 1.14. The molecule has 0 saturated carbocycles. The van der Waals surface area contributed by atoms with Crippen LogP contribution in [0.4, 0.5) is 0 Å². The van der Waals surface area contributed by atoms with Crippen LogP contribution >= 0.6 is 11.6 Å². The van der Waals surface area contributed by atoms with E-state index >= 15 is 0 Å². The smallest absolute Gasteiger partial charge is 0.196 e. The standard InChI is InChI=1S/C14H16ClNO2/c15-11(10-4-3-7-17-9-10)8-14-16-12-5-1-2-6-13(12)18-14/h1-2,5-6,10-11H,3-4,7-9H2. The van der Waals surface area contributed by atoms with Gasteiger partial charge in [-0.15, -0.1) is 11.6 Å². The number of aromatic nitrogens is 1. The topological polar surface area (TPSA) is 35.3 Å². The molecule has 1 aromatic carbocycles. The van der Waals surface area contributed by atoms with Gasteiger partial charge < -0.3 is 9.15 Å². The molecule has 0 amide bonds. The lowest BCUT2D eigenvalue weighted by Gasteiger charge is -2.25. The molecule has 96 valence electrons. The highest BCUT2D eigenvalue weighted by Crippen LogP contribution is 2.25. The predicted molar refractivity (Wildman–Crippen MR) is 70.9 cm³/mol. The van der Waals surface area contributed by atoms with Gasteiger partial charge in [-0.1, -0.05) is 12.1 Å². The average molecular weight is 266 g/mol. The first-order valence-corrected chi connectivity index (χ1v) is 6.83. The van der Waals surface area contributed by atoms with Crippen molar-refractivity contribution in [3.63, 3.8) is 0 Å². The summed E-state index contributed by atoms with van der Waals surface area (Å²) in [6.45, 7) is 1.62. The number of hydrogen-bond donors (Lipinski definition) is 0. The Labute approximate surface area is 111 Å². The number of ether oxygens (including phenoxy) is 1. The van der Waals surface area contributed by atoms with E-state index in [2.05, 4.69) is 4.98 Å². The Hall–Kier alpha value is -1.06. The number of rotatable bonds is 3. The second-order valence-corrected chi connectivity index (χ2v) is 5.33. The zero-order chi connectivity index (χ0) is 12.4. The molecule has 0 bridgehead atoms. The molecule has 0 radical (unpaired) electrons. The first-order chi connectivity index (χ1) is 8.83. The molecule has 0 spiro atoms. The summed E-state index contributed by atoms with van der Waals surface area (Å²) in [5, 5.41) is 0.0402. The van der Waals surface area contributed by atoms with Crippen LogP contribution in [0.5, 0.6) is 0 Å². The van der Waals surface area contributed by atoms with Crippen LogP contribution in [0.15, 0.2) is 28.7 Å². The normalized spacial score (nSPS) is 22.2. The van der Waals surface area contributed by atoms with Crippen molar-refractivity contribution in [2.45, 2.75) is 24.6 Å². The SMILES string of the molecule is ClC(Cc1nc2ccccc2o1)C1CCCOC1. The first-order valence-electron chi connectivity index (χ1n) is 6.39. The zero-order valence-electron chi connectivity index (χ0n) is 10.1. The second-order valence-electron chi connectivity index (χ2n) is 4.77. The Bertz CT molecular complexity index is 486. The molecule has 1 fully saturated rings. The van der Waals surface area contributed by atoms with Crippen LogP contribution in [-0.4, -0.2) is 23.6 Å². The molecular formula is C14H16ClNO2. The van der Waals surface area contributed by atoms with Crippen LogP contribution in [0.2, 0.25) is 0 Å². The fraction of sp³-hybridized carbons (Fsp3) is 0.500. The summed E-state index contributed by atoms with van der Waals surface area (Å²) in [6.07, 6.45) is 2.90. The molecule has 0 aliphatic carbocycles. The van der Waals surface area contributed by atoms with Crippen LogP contribution in [0.1, 0.15) is 18.7 Å². The highest BCUT2D eigenvalue weighted by atomic mass is 35.5. The van der Waals surface area contributed by atoms with E-state index in [1.165, 1.54) is 0 Å². The zero-order valence-corrected chi connectivity index (χ0v) is 10.9. The molecule has 2 atom stereocenters. The van der Waals surface area contributed by atoms with Crippen LogP contribution in [0.25, 0.3) is 11.1 Å². The van der Waals surface area contributed by atoms with Crippen molar-refractivity contribution in [2.75, 3.05) is 13.2 Å². The lowest BCUT2D eigenvalue weighted by Crippen LogP contribution is -2.27. The van der Waals surface area contributed by atoms with Crippen LogP contribution < -0.4 is 0 Å². The summed E-state index contributed by atoms with van der Waals surface area (Å²) in [4.78, 5) is 4.46. The average Bonchev–Trinajstić information content (AvgIpc) is 2.82. The van der Waals surface area contributed by atoms with Crippen molar-refractivity contribution in [2.24, 2.45) is 5.92 Å². The van der Waals surface area contributed by atoms with Gasteiger partial charge in [-0.3, -0.25) is 0 Å². The van der Waals surface area contributed by atoms with Crippen molar-refractivity contribution < 1.29 is 9.15 Å². The van der Waals surface area contributed by atoms with Gasteiger partial charge in [0.25, 0.3) is 0 Å². The molecule has 1 aromatic heterocycles. The minimum atomic E-state index is 0.0402. The van der Waals surface area contributed by atoms with Gasteiger partial charge >= 0.3 is 0 Å². The van der Waals surface area contributed by atoms with E-state index < -0.39 is 0 Å². The number of fused-ring (bicyclic) bond motifs is 1. The quantitative estimate of drug-likeness (QED) is 0.798. The fourth-order valence-electron chi connectivity index (χ4n) is 2.39. The highest BCUT2D eigenvalue weighted by Gasteiger charge is 2.24. The van der Waals surface area contributed by atoms with Crippen molar-refractivity contribution in [3.8, 4) is 0 Å². The summed E-state index contributed by atoms with van der Waals surface area (Å²) in [5.41, 5.74) is 1.73. The maximum absolute atomic E-state index is 6.44. The molecule has 18 heavy (non-hydrogen) atoms. The molecule has 2 unspecified atom stereocenters. The van der Waals surface area contributed by atoms with Gasteiger partial charge in [0.1, 0.15) is 5.52 Å². The van der Waals surface area contributed by atoms with Gasteiger partial charge in [0.2, 0.25) is 0 Å². The van der Waals surface area contributed by atoms with Gasteiger partial charge in [0.15, 0.2) is 11.5 Å². The Kier molecular flexibility index (Phi) is 3.52. The summed E-state index contributed by atoms with van der Waals surface area (Å²) in [7, 11) is 0. The monoisotopic (exact) mass is 265 g/mol. The van der Waals surface area contributed by atoms with Crippen LogP contribution in [-0.2, 0) is 11.2 Å². The summed E-state index contributed by atoms with van der Waals surface area (Å²) >= 11 is 6.44. The molecule has 2 aromatic rings. The van der Waals surface area contributed by atoms with Crippen molar-refractivity contribution >= 4 is 22.7 Å². The molecule has 4 heteroatoms. The fourth-order valence-corrected chi connectivity index (χ4v) is 2.72. The van der Waals surface area contributed by atoms with Gasteiger partial charge in [0, 0.05) is 18.4 Å². The lowest BCUT2D eigenvalue weighted by molar-refractivity contribution is 0.0527. The van der Waals surface area contributed by atoms with Gasteiger partial charge in [-0.05, 0) is 30.9 Å². The predicted octanol–water partition coefficient (Wildman–Crippen LogP) is 3.40. The molecule has 1 aliphatic rings. The van der Waals surface area contributed by atoms with E-state index in [-0.39, 0.29) is 5.38 Å². The molecule has 1 saturated heterocycles. The Morgan fingerprint density at radius 1 is 1.39 bits per heavy atom. The maximum Gasteiger partial charge on any atom is 0.196 e. The van der Waals surface area contributed by atoms with Crippen LogP contribution in [0.3, 0.4) is 0 Å². The molecule has 1 aliphatic heterocycles. The number of benzene rings is 1. The van der Waals surface area contributed by atoms with Gasteiger partial charge in [-0.25, -0.2) is 4.98 Å². The number of nitrogens with zero attached hydrogens (tertiary/aromatic N) is 1.